The average Bonchev–Trinajstić information content (AvgIpc) is 3.12. The van der Waals surface area contributed by atoms with Gasteiger partial charge in [-0.2, -0.15) is 11.3 Å². The van der Waals surface area contributed by atoms with Gasteiger partial charge in [0.2, 0.25) is 5.91 Å². The van der Waals surface area contributed by atoms with Gasteiger partial charge in [-0.15, -0.1) is 0 Å². The quantitative estimate of drug-likeness (QED) is 0.909. The van der Waals surface area contributed by atoms with E-state index in [1.165, 1.54) is 22.5 Å². The maximum absolute atomic E-state index is 12.8. The SMILES string of the molecule is O=C(NCC(=O)N(C1CC1)[C@H]1CCc2ccccc21)c1ccsc1. The summed E-state index contributed by atoms with van der Waals surface area (Å²) >= 11 is 1.48. The molecule has 4 rings (SSSR count). The molecule has 0 spiro atoms. The van der Waals surface area contributed by atoms with Crippen LogP contribution in [0, 0.1) is 0 Å². The van der Waals surface area contributed by atoms with Gasteiger partial charge in [-0.3, -0.25) is 9.59 Å². The molecule has 5 heteroatoms. The highest BCUT2D eigenvalue weighted by atomic mass is 32.1. The van der Waals surface area contributed by atoms with Crippen molar-refractivity contribution in [2.75, 3.05) is 6.54 Å². The summed E-state index contributed by atoms with van der Waals surface area (Å²) in [6.07, 6.45) is 4.16. The Kier molecular flexibility index (Phi) is 4.10. The van der Waals surface area contributed by atoms with Crippen molar-refractivity contribution in [1.29, 1.82) is 0 Å². The van der Waals surface area contributed by atoms with Crippen molar-refractivity contribution < 1.29 is 9.59 Å². The molecular weight excluding hydrogens is 320 g/mol. The fourth-order valence-electron chi connectivity index (χ4n) is 3.55. The number of benzene rings is 1. The zero-order chi connectivity index (χ0) is 16.5. The van der Waals surface area contributed by atoms with Crippen LogP contribution in [0.15, 0.2) is 41.1 Å². The number of nitrogens with one attached hydrogen (secondary N) is 1. The Bertz CT molecular complexity index is 752. The van der Waals surface area contributed by atoms with Crippen molar-refractivity contribution in [3.8, 4) is 0 Å². The van der Waals surface area contributed by atoms with Crippen LogP contribution in [-0.2, 0) is 11.2 Å². The second-order valence-electron chi connectivity index (χ2n) is 6.48. The molecular formula is C19H20N2O2S. The molecule has 0 unspecified atom stereocenters. The van der Waals surface area contributed by atoms with E-state index in [1.807, 2.05) is 16.3 Å². The molecule has 2 aliphatic carbocycles. The predicted octanol–water partition coefficient (Wildman–Crippen LogP) is 3.16. The van der Waals surface area contributed by atoms with E-state index in [4.69, 9.17) is 0 Å². The van der Waals surface area contributed by atoms with E-state index in [2.05, 4.69) is 23.5 Å². The van der Waals surface area contributed by atoms with Crippen LogP contribution >= 0.6 is 11.3 Å². The minimum absolute atomic E-state index is 0.0304. The Hall–Kier alpha value is -2.14. The molecule has 2 amide bonds. The smallest absolute Gasteiger partial charge is 0.252 e. The standard InChI is InChI=1S/C19H20N2O2S/c22-18(11-20-19(23)14-9-10-24-12-14)21(15-6-7-15)17-8-5-13-3-1-2-4-16(13)17/h1-4,9-10,12,15,17H,5-8,11H2,(H,20,23)/t17-/m0/s1. The lowest BCUT2D eigenvalue weighted by atomic mass is 10.1. The second kappa shape index (κ2) is 6.40. The third kappa shape index (κ3) is 2.96. The van der Waals surface area contributed by atoms with Gasteiger partial charge in [0.25, 0.3) is 5.91 Å². The van der Waals surface area contributed by atoms with Gasteiger partial charge < -0.3 is 10.2 Å². The lowest BCUT2D eigenvalue weighted by Crippen LogP contribution is -2.42. The van der Waals surface area contributed by atoms with Gasteiger partial charge in [-0.05, 0) is 48.3 Å². The number of carbonyl (C=O) groups is 2. The first-order valence-electron chi connectivity index (χ1n) is 8.43. The van der Waals surface area contributed by atoms with Crippen LogP contribution in [0.3, 0.4) is 0 Å². The highest BCUT2D eigenvalue weighted by Crippen LogP contribution is 2.41. The number of hydrogen-bond donors (Lipinski definition) is 1. The Morgan fingerprint density at radius 2 is 2.00 bits per heavy atom. The average molecular weight is 340 g/mol. The molecule has 1 atom stereocenters. The van der Waals surface area contributed by atoms with E-state index >= 15 is 0 Å². The van der Waals surface area contributed by atoms with Gasteiger partial charge in [0.15, 0.2) is 0 Å². The van der Waals surface area contributed by atoms with Crippen LogP contribution in [-0.4, -0.2) is 29.3 Å². The maximum Gasteiger partial charge on any atom is 0.252 e. The zero-order valence-electron chi connectivity index (χ0n) is 13.4. The van der Waals surface area contributed by atoms with Crippen molar-refractivity contribution >= 4 is 23.2 Å². The number of aryl methyl sites for hydroxylation is 1. The first-order chi connectivity index (χ1) is 11.7. The Balaban J connectivity index is 1.46. The fraction of sp³-hybridized carbons (Fsp3) is 0.368. The van der Waals surface area contributed by atoms with E-state index in [0.717, 1.165) is 25.7 Å². The molecule has 2 aromatic rings. The van der Waals surface area contributed by atoms with Gasteiger partial charge in [0.1, 0.15) is 0 Å². The number of nitrogens with zero attached hydrogens (tertiary/aromatic N) is 1. The zero-order valence-corrected chi connectivity index (χ0v) is 14.2. The number of fused-ring (bicyclic) bond motifs is 1. The second-order valence-corrected chi connectivity index (χ2v) is 7.26. The van der Waals surface area contributed by atoms with Crippen LogP contribution in [0.4, 0.5) is 0 Å². The Labute approximate surface area is 145 Å². The molecule has 1 aromatic heterocycles. The van der Waals surface area contributed by atoms with Crippen molar-refractivity contribution in [1.82, 2.24) is 10.2 Å². The van der Waals surface area contributed by atoms with Gasteiger partial charge in [-0.25, -0.2) is 0 Å². The Morgan fingerprint density at radius 3 is 2.75 bits per heavy atom. The largest absolute Gasteiger partial charge is 0.343 e. The van der Waals surface area contributed by atoms with Gasteiger partial charge >= 0.3 is 0 Å². The van der Waals surface area contributed by atoms with Crippen molar-refractivity contribution in [3.05, 3.63) is 57.8 Å². The monoisotopic (exact) mass is 340 g/mol. The van der Waals surface area contributed by atoms with E-state index in [-0.39, 0.29) is 24.4 Å². The van der Waals surface area contributed by atoms with Crippen LogP contribution < -0.4 is 5.32 Å². The first kappa shape index (κ1) is 15.4. The summed E-state index contributed by atoms with van der Waals surface area (Å²) in [6, 6.07) is 10.7. The number of carbonyl (C=O) groups excluding carboxylic acids is 2. The van der Waals surface area contributed by atoms with Crippen molar-refractivity contribution in [2.45, 2.75) is 37.8 Å². The maximum atomic E-state index is 12.8. The van der Waals surface area contributed by atoms with E-state index < -0.39 is 0 Å². The van der Waals surface area contributed by atoms with Crippen molar-refractivity contribution in [3.63, 3.8) is 0 Å². The summed E-state index contributed by atoms with van der Waals surface area (Å²) in [5.74, 6) is -0.144. The number of amides is 2. The molecule has 1 fully saturated rings. The van der Waals surface area contributed by atoms with E-state index in [0.29, 0.717) is 11.6 Å². The number of hydrogen-bond acceptors (Lipinski definition) is 3. The van der Waals surface area contributed by atoms with Crippen LogP contribution in [0.2, 0.25) is 0 Å². The van der Waals surface area contributed by atoms with Crippen molar-refractivity contribution in [2.24, 2.45) is 0 Å². The van der Waals surface area contributed by atoms with Gasteiger partial charge in [0, 0.05) is 17.0 Å². The lowest BCUT2D eigenvalue weighted by Gasteiger charge is -2.30. The number of thiophene rings is 1. The molecule has 0 saturated heterocycles. The minimum Gasteiger partial charge on any atom is -0.343 e. The molecule has 124 valence electrons. The fourth-order valence-corrected chi connectivity index (χ4v) is 4.19. The lowest BCUT2D eigenvalue weighted by molar-refractivity contribution is -0.133. The molecule has 0 bridgehead atoms. The summed E-state index contributed by atoms with van der Waals surface area (Å²) in [4.78, 5) is 26.9. The van der Waals surface area contributed by atoms with Crippen LogP contribution in [0.1, 0.15) is 46.8 Å². The van der Waals surface area contributed by atoms with E-state index in [9.17, 15) is 9.59 Å². The summed E-state index contributed by atoms with van der Waals surface area (Å²) in [6.45, 7) is 0.0733. The molecule has 1 heterocycles. The summed E-state index contributed by atoms with van der Waals surface area (Å²) in [5, 5.41) is 6.43. The summed E-state index contributed by atoms with van der Waals surface area (Å²) in [7, 11) is 0. The van der Waals surface area contributed by atoms with Crippen LogP contribution in [0.25, 0.3) is 0 Å². The molecule has 0 aliphatic heterocycles. The third-order valence-electron chi connectivity index (χ3n) is 4.85. The number of rotatable bonds is 5. The van der Waals surface area contributed by atoms with Gasteiger partial charge in [0.05, 0.1) is 12.6 Å². The van der Waals surface area contributed by atoms with Gasteiger partial charge in [-0.1, -0.05) is 24.3 Å². The molecule has 1 N–H and O–H groups in total. The summed E-state index contributed by atoms with van der Waals surface area (Å²) < 4.78 is 0. The third-order valence-corrected chi connectivity index (χ3v) is 5.53. The van der Waals surface area contributed by atoms with E-state index in [1.54, 1.807) is 11.4 Å². The minimum atomic E-state index is -0.174. The van der Waals surface area contributed by atoms with Crippen LogP contribution in [0.5, 0.6) is 0 Å². The highest BCUT2D eigenvalue weighted by Gasteiger charge is 2.40. The predicted molar refractivity (Wildman–Crippen MR) is 94.0 cm³/mol. The molecule has 4 nitrogen and oxygen atoms in total. The molecule has 0 radical (unpaired) electrons. The molecule has 24 heavy (non-hydrogen) atoms. The topological polar surface area (TPSA) is 49.4 Å². The summed E-state index contributed by atoms with van der Waals surface area (Å²) in [5.41, 5.74) is 3.25. The molecule has 2 aliphatic rings. The normalized spacial score (nSPS) is 18.9. The molecule has 1 saturated carbocycles. The highest BCUT2D eigenvalue weighted by molar-refractivity contribution is 7.08. The molecule has 1 aromatic carbocycles. The Morgan fingerprint density at radius 1 is 1.17 bits per heavy atom. The first-order valence-corrected chi connectivity index (χ1v) is 9.37.